The van der Waals surface area contributed by atoms with Gasteiger partial charge in [-0.1, -0.05) is 37.3 Å². The lowest BCUT2D eigenvalue weighted by molar-refractivity contribution is -0.117. The zero-order chi connectivity index (χ0) is 19.8. The SMILES string of the molecule is CCc1ccccc1N(CCC(=O)Nc1ccccc1OC(C)C)C(C)=O. The first-order valence-corrected chi connectivity index (χ1v) is 9.34. The molecule has 0 aliphatic rings. The Bertz CT molecular complexity index is 787. The van der Waals surface area contributed by atoms with Gasteiger partial charge in [0.05, 0.1) is 11.8 Å². The lowest BCUT2D eigenvalue weighted by Crippen LogP contribution is -2.32. The molecule has 0 aromatic heterocycles. The number of rotatable bonds is 8. The summed E-state index contributed by atoms with van der Waals surface area (Å²) in [7, 11) is 0. The molecule has 2 aromatic rings. The van der Waals surface area contributed by atoms with Crippen molar-refractivity contribution < 1.29 is 14.3 Å². The predicted octanol–water partition coefficient (Wildman–Crippen LogP) is 4.42. The zero-order valence-electron chi connectivity index (χ0n) is 16.5. The van der Waals surface area contributed by atoms with E-state index < -0.39 is 0 Å². The van der Waals surface area contributed by atoms with Gasteiger partial charge in [-0.25, -0.2) is 0 Å². The Hall–Kier alpha value is -2.82. The van der Waals surface area contributed by atoms with Gasteiger partial charge in [0, 0.05) is 25.6 Å². The summed E-state index contributed by atoms with van der Waals surface area (Å²) in [4.78, 5) is 26.3. The Morgan fingerprint density at radius 2 is 1.74 bits per heavy atom. The van der Waals surface area contributed by atoms with Gasteiger partial charge < -0.3 is 15.0 Å². The van der Waals surface area contributed by atoms with Gasteiger partial charge in [-0.2, -0.15) is 0 Å². The molecule has 0 heterocycles. The van der Waals surface area contributed by atoms with Gasteiger partial charge in [-0.05, 0) is 44.0 Å². The molecule has 0 saturated heterocycles. The van der Waals surface area contributed by atoms with Gasteiger partial charge in [0.2, 0.25) is 11.8 Å². The molecule has 0 radical (unpaired) electrons. The van der Waals surface area contributed by atoms with Crippen LogP contribution in [0.15, 0.2) is 48.5 Å². The van der Waals surface area contributed by atoms with E-state index in [0.29, 0.717) is 18.0 Å². The van der Waals surface area contributed by atoms with Crippen molar-refractivity contribution in [3.05, 3.63) is 54.1 Å². The van der Waals surface area contributed by atoms with Crippen LogP contribution in [-0.2, 0) is 16.0 Å². The van der Waals surface area contributed by atoms with Gasteiger partial charge in [-0.3, -0.25) is 9.59 Å². The van der Waals surface area contributed by atoms with Crippen LogP contribution in [-0.4, -0.2) is 24.5 Å². The highest BCUT2D eigenvalue weighted by atomic mass is 16.5. The topological polar surface area (TPSA) is 58.6 Å². The molecule has 144 valence electrons. The number of carbonyl (C=O) groups excluding carboxylic acids is 2. The third-order valence-electron chi connectivity index (χ3n) is 4.13. The molecule has 5 heteroatoms. The first-order chi connectivity index (χ1) is 12.9. The van der Waals surface area contributed by atoms with Gasteiger partial charge in [0.1, 0.15) is 5.75 Å². The van der Waals surface area contributed by atoms with Crippen LogP contribution < -0.4 is 15.0 Å². The highest BCUT2D eigenvalue weighted by Crippen LogP contribution is 2.25. The maximum atomic E-state index is 12.5. The smallest absolute Gasteiger partial charge is 0.226 e. The van der Waals surface area contributed by atoms with Crippen LogP contribution in [0.5, 0.6) is 5.75 Å². The van der Waals surface area contributed by atoms with E-state index in [1.807, 2.05) is 62.4 Å². The second-order valence-electron chi connectivity index (χ2n) is 6.61. The lowest BCUT2D eigenvalue weighted by Gasteiger charge is -2.23. The molecular formula is C22H28N2O3. The summed E-state index contributed by atoms with van der Waals surface area (Å²) < 4.78 is 5.73. The van der Waals surface area contributed by atoms with Gasteiger partial charge in [0.15, 0.2) is 0 Å². The molecule has 2 rings (SSSR count). The Morgan fingerprint density at radius 1 is 1.07 bits per heavy atom. The summed E-state index contributed by atoms with van der Waals surface area (Å²) in [6, 6.07) is 15.1. The van der Waals surface area contributed by atoms with Crippen molar-refractivity contribution in [1.29, 1.82) is 0 Å². The van der Waals surface area contributed by atoms with Crippen LogP contribution in [0.4, 0.5) is 11.4 Å². The second kappa shape index (κ2) is 9.76. The van der Waals surface area contributed by atoms with Crippen molar-refractivity contribution in [2.75, 3.05) is 16.8 Å². The summed E-state index contributed by atoms with van der Waals surface area (Å²) in [6.45, 7) is 7.78. The number of aryl methyl sites for hydroxylation is 1. The number of hydrogen-bond acceptors (Lipinski definition) is 3. The van der Waals surface area contributed by atoms with Crippen molar-refractivity contribution in [2.24, 2.45) is 0 Å². The molecule has 0 aliphatic heterocycles. The summed E-state index contributed by atoms with van der Waals surface area (Å²) in [6.07, 6.45) is 1.04. The summed E-state index contributed by atoms with van der Waals surface area (Å²) in [5.41, 5.74) is 2.59. The van der Waals surface area contributed by atoms with Crippen LogP contribution in [0.1, 0.15) is 39.7 Å². The first kappa shape index (κ1) is 20.5. The normalized spacial score (nSPS) is 10.6. The molecule has 5 nitrogen and oxygen atoms in total. The fourth-order valence-corrected chi connectivity index (χ4v) is 2.87. The Kier molecular flexibility index (Phi) is 7.41. The van der Waals surface area contributed by atoms with E-state index in [2.05, 4.69) is 12.2 Å². The van der Waals surface area contributed by atoms with E-state index in [9.17, 15) is 9.59 Å². The van der Waals surface area contributed by atoms with Crippen LogP contribution >= 0.6 is 0 Å². The fraction of sp³-hybridized carbons (Fsp3) is 0.364. The Labute approximate surface area is 161 Å². The third-order valence-corrected chi connectivity index (χ3v) is 4.13. The number of ether oxygens (including phenoxy) is 1. The van der Waals surface area contributed by atoms with Gasteiger partial charge in [0.25, 0.3) is 0 Å². The van der Waals surface area contributed by atoms with Crippen molar-refractivity contribution in [3.63, 3.8) is 0 Å². The van der Waals surface area contributed by atoms with E-state index in [0.717, 1.165) is 17.7 Å². The van der Waals surface area contributed by atoms with E-state index in [1.54, 1.807) is 4.90 Å². The first-order valence-electron chi connectivity index (χ1n) is 9.34. The minimum Gasteiger partial charge on any atom is -0.489 e. The standard InChI is InChI=1S/C22H28N2O3/c1-5-18-10-6-8-12-20(18)24(17(4)25)15-14-22(26)23-19-11-7-9-13-21(19)27-16(2)3/h6-13,16H,5,14-15H2,1-4H3,(H,23,26). The second-order valence-corrected chi connectivity index (χ2v) is 6.61. The average molecular weight is 368 g/mol. The van der Waals surface area contributed by atoms with Crippen molar-refractivity contribution >= 4 is 23.2 Å². The number of carbonyl (C=O) groups is 2. The largest absolute Gasteiger partial charge is 0.489 e. The average Bonchev–Trinajstić information content (AvgIpc) is 2.63. The third kappa shape index (κ3) is 5.84. The monoisotopic (exact) mass is 368 g/mol. The lowest BCUT2D eigenvalue weighted by atomic mass is 10.1. The van der Waals surface area contributed by atoms with Crippen molar-refractivity contribution in [1.82, 2.24) is 0 Å². The van der Waals surface area contributed by atoms with Crippen LogP contribution in [0.3, 0.4) is 0 Å². The summed E-state index contributed by atoms with van der Waals surface area (Å²) >= 11 is 0. The van der Waals surface area contributed by atoms with Crippen molar-refractivity contribution in [2.45, 2.75) is 46.6 Å². The van der Waals surface area contributed by atoms with Crippen LogP contribution in [0.25, 0.3) is 0 Å². The van der Waals surface area contributed by atoms with Gasteiger partial charge >= 0.3 is 0 Å². The molecule has 27 heavy (non-hydrogen) atoms. The van der Waals surface area contributed by atoms with E-state index in [1.165, 1.54) is 6.92 Å². The molecule has 2 aromatic carbocycles. The van der Waals surface area contributed by atoms with Gasteiger partial charge in [-0.15, -0.1) is 0 Å². The fourth-order valence-electron chi connectivity index (χ4n) is 2.87. The van der Waals surface area contributed by atoms with Crippen molar-refractivity contribution in [3.8, 4) is 5.75 Å². The molecule has 1 N–H and O–H groups in total. The van der Waals surface area contributed by atoms with E-state index >= 15 is 0 Å². The molecule has 0 spiro atoms. The molecular weight excluding hydrogens is 340 g/mol. The molecule has 0 bridgehead atoms. The minimum absolute atomic E-state index is 0.0156. The Balaban J connectivity index is 2.06. The number of benzene rings is 2. The maximum absolute atomic E-state index is 12.5. The molecule has 2 amide bonds. The number of amides is 2. The highest BCUT2D eigenvalue weighted by molar-refractivity contribution is 5.95. The predicted molar refractivity (Wildman–Crippen MR) is 109 cm³/mol. The zero-order valence-corrected chi connectivity index (χ0v) is 16.5. The minimum atomic E-state index is -0.157. The van der Waals surface area contributed by atoms with Crippen LogP contribution in [0, 0.1) is 0 Å². The highest BCUT2D eigenvalue weighted by Gasteiger charge is 2.16. The molecule has 0 aliphatic carbocycles. The molecule has 0 saturated carbocycles. The maximum Gasteiger partial charge on any atom is 0.226 e. The quantitative estimate of drug-likeness (QED) is 0.750. The molecule has 0 fully saturated rings. The summed E-state index contributed by atoms with van der Waals surface area (Å²) in [5.74, 6) is 0.405. The molecule has 0 atom stereocenters. The number of nitrogens with zero attached hydrogens (tertiary/aromatic N) is 1. The number of anilines is 2. The number of nitrogens with one attached hydrogen (secondary N) is 1. The molecule has 0 unspecified atom stereocenters. The number of para-hydroxylation sites is 3. The Morgan fingerprint density at radius 3 is 2.41 bits per heavy atom. The summed E-state index contributed by atoms with van der Waals surface area (Å²) in [5, 5.41) is 2.89. The van der Waals surface area contributed by atoms with E-state index in [-0.39, 0.29) is 24.3 Å². The number of hydrogen-bond donors (Lipinski definition) is 1. The van der Waals surface area contributed by atoms with E-state index in [4.69, 9.17) is 4.74 Å². The van der Waals surface area contributed by atoms with Crippen LogP contribution in [0.2, 0.25) is 0 Å².